The molecule has 0 bridgehead atoms. The maximum atomic E-state index is 12.7. The van der Waals surface area contributed by atoms with E-state index < -0.39 is 17.9 Å². The van der Waals surface area contributed by atoms with Crippen LogP contribution >= 0.6 is 23.4 Å². The van der Waals surface area contributed by atoms with Gasteiger partial charge in [-0.1, -0.05) is 97.4 Å². The number of carbonyl (C=O) groups is 2. The molecule has 1 heterocycles. The van der Waals surface area contributed by atoms with Crippen molar-refractivity contribution >= 4 is 35.2 Å². The zero-order valence-corrected chi connectivity index (χ0v) is 20.5. The van der Waals surface area contributed by atoms with Crippen LogP contribution in [0.25, 0.3) is 0 Å². The normalized spacial score (nSPS) is 13.0. The minimum atomic E-state index is -1.09. The fourth-order valence-electron chi connectivity index (χ4n) is 3.35. The molecule has 0 fully saturated rings. The van der Waals surface area contributed by atoms with Crippen LogP contribution in [-0.2, 0) is 17.6 Å². The lowest BCUT2D eigenvalue weighted by Gasteiger charge is -2.14. The second kappa shape index (κ2) is 13.0. The molecule has 0 spiro atoms. The number of carboxylic acids is 1. The van der Waals surface area contributed by atoms with Crippen molar-refractivity contribution in [2.75, 3.05) is 0 Å². The van der Waals surface area contributed by atoms with Gasteiger partial charge in [-0.05, 0) is 30.0 Å². The van der Waals surface area contributed by atoms with Crippen molar-refractivity contribution in [1.29, 1.82) is 0 Å². The van der Waals surface area contributed by atoms with Gasteiger partial charge < -0.3 is 15.4 Å². The maximum absolute atomic E-state index is 12.7. The first kappa shape index (κ1) is 25.6. The zero-order chi connectivity index (χ0) is 24.3. The number of imidazole rings is 1. The van der Waals surface area contributed by atoms with E-state index in [1.54, 1.807) is 0 Å². The van der Waals surface area contributed by atoms with Crippen LogP contribution in [0.15, 0.2) is 78.1 Å². The third-order valence-electron chi connectivity index (χ3n) is 5.13. The first-order valence-corrected chi connectivity index (χ1v) is 12.4. The molecule has 8 heteroatoms. The van der Waals surface area contributed by atoms with E-state index in [0.29, 0.717) is 11.6 Å². The van der Waals surface area contributed by atoms with Gasteiger partial charge in [0.25, 0.3) is 5.91 Å². The van der Waals surface area contributed by atoms with Gasteiger partial charge in [-0.15, -0.1) is 0 Å². The van der Waals surface area contributed by atoms with Gasteiger partial charge in [0, 0.05) is 16.7 Å². The number of carboxylic acid groups (broad SMARTS) is 1. The molecule has 6 nitrogen and oxygen atoms in total. The number of nitrogens with one attached hydrogen (secondary N) is 2. The monoisotopic (exact) mass is 497 g/mol. The van der Waals surface area contributed by atoms with E-state index in [-0.39, 0.29) is 17.4 Å². The molecule has 2 aromatic carbocycles. The van der Waals surface area contributed by atoms with E-state index in [4.69, 9.17) is 11.6 Å². The molecule has 3 N–H and O–H groups in total. The summed E-state index contributed by atoms with van der Waals surface area (Å²) in [5.74, 6) is -1.60. The molecule has 1 amide bonds. The first-order chi connectivity index (χ1) is 16.5. The van der Waals surface area contributed by atoms with Gasteiger partial charge >= 0.3 is 5.97 Å². The Kier molecular flexibility index (Phi) is 9.79. The Balaban J connectivity index is 1.67. The van der Waals surface area contributed by atoms with Crippen LogP contribution in [0.1, 0.15) is 41.4 Å². The number of aromatic nitrogens is 2. The number of benzene rings is 2. The molecule has 1 aromatic heterocycles. The topological polar surface area (TPSA) is 95.1 Å². The van der Waals surface area contributed by atoms with E-state index in [9.17, 15) is 14.7 Å². The summed E-state index contributed by atoms with van der Waals surface area (Å²) < 4.78 is 0. The van der Waals surface area contributed by atoms with Gasteiger partial charge in [0.2, 0.25) is 0 Å². The third kappa shape index (κ3) is 7.78. The number of halogens is 1. The van der Waals surface area contributed by atoms with E-state index in [2.05, 4.69) is 34.4 Å². The fraction of sp³-hybridized carbons (Fsp3) is 0.269. The molecule has 0 saturated heterocycles. The molecule has 2 atom stereocenters. The van der Waals surface area contributed by atoms with Gasteiger partial charge in [0.15, 0.2) is 5.16 Å². The highest BCUT2D eigenvalue weighted by atomic mass is 35.5. The number of rotatable bonds is 12. The number of carbonyl (C=O) groups excluding carboxylic acids is 1. The average molecular weight is 498 g/mol. The van der Waals surface area contributed by atoms with E-state index >= 15 is 0 Å². The van der Waals surface area contributed by atoms with Crippen LogP contribution in [0.5, 0.6) is 0 Å². The van der Waals surface area contributed by atoms with Crippen LogP contribution in [0.2, 0.25) is 5.02 Å². The number of amides is 1. The van der Waals surface area contributed by atoms with Gasteiger partial charge in [-0.25, -0.2) is 9.78 Å². The fourth-order valence-corrected chi connectivity index (χ4v) is 4.59. The highest BCUT2D eigenvalue weighted by molar-refractivity contribution is 7.99. The van der Waals surface area contributed by atoms with Crippen molar-refractivity contribution in [3.05, 3.63) is 94.8 Å². The molecule has 1 unspecified atom stereocenters. The summed E-state index contributed by atoms with van der Waals surface area (Å²) in [6, 6.07) is 15.9. The van der Waals surface area contributed by atoms with E-state index in [1.165, 1.54) is 18.0 Å². The molecular formula is C26H28ClN3O3S. The van der Waals surface area contributed by atoms with Gasteiger partial charge in [-0.3, -0.25) is 4.79 Å². The summed E-state index contributed by atoms with van der Waals surface area (Å²) in [4.78, 5) is 31.8. The second-order valence-corrected chi connectivity index (χ2v) is 9.46. The quantitative estimate of drug-likeness (QED) is 0.225. The number of unbranched alkanes of at least 4 members (excludes halogenated alkanes) is 1. The van der Waals surface area contributed by atoms with Crippen molar-refractivity contribution in [2.45, 2.75) is 49.1 Å². The molecule has 34 heavy (non-hydrogen) atoms. The highest BCUT2D eigenvalue weighted by Gasteiger charge is 2.22. The van der Waals surface area contributed by atoms with Crippen molar-refractivity contribution in [3.63, 3.8) is 0 Å². The molecule has 3 aromatic rings. The summed E-state index contributed by atoms with van der Waals surface area (Å²) in [5.41, 5.74) is 2.09. The van der Waals surface area contributed by atoms with Crippen LogP contribution in [0, 0.1) is 0 Å². The summed E-state index contributed by atoms with van der Waals surface area (Å²) in [6.07, 6.45) is 8.65. The molecule has 0 radical (unpaired) electrons. The lowest BCUT2D eigenvalue weighted by Crippen LogP contribution is -2.42. The zero-order valence-electron chi connectivity index (χ0n) is 18.9. The Morgan fingerprint density at radius 3 is 2.59 bits per heavy atom. The molecule has 0 aliphatic rings. The number of H-pyrrole nitrogens is 1. The number of nitrogens with zero attached hydrogens (tertiary/aromatic N) is 1. The van der Waals surface area contributed by atoms with Gasteiger partial charge in [0.1, 0.15) is 11.7 Å². The van der Waals surface area contributed by atoms with Crippen molar-refractivity contribution in [2.24, 2.45) is 0 Å². The van der Waals surface area contributed by atoms with Crippen LogP contribution in [0.3, 0.4) is 0 Å². The molecular weight excluding hydrogens is 470 g/mol. The Bertz CT molecular complexity index is 1120. The lowest BCUT2D eigenvalue weighted by atomic mass is 10.1. The van der Waals surface area contributed by atoms with E-state index in [0.717, 1.165) is 29.0 Å². The van der Waals surface area contributed by atoms with Crippen molar-refractivity contribution < 1.29 is 14.7 Å². The standard InChI is InChI=1S/C26H28ClN3O3S/c1-2-3-5-13-20(16-19-12-8-9-14-21(19)27)34-26-28-17-23(30-26)24(31)29-22(25(32)33)15-18-10-6-4-7-11-18/h4-14,17,20,22H,2-3,15-16H2,1H3,(H,28,30)(H,29,31)(H,32,33)/t20?,22-/m0/s1. The number of hydrogen-bond acceptors (Lipinski definition) is 4. The Hall–Kier alpha value is -3.03. The predicted molar refractivity (Wildman–Crippen MR) is 136 cm³/mol. The Morgan fingerprint density at radius 1 is 1.15 bits per heavy atom. The average Bonchev–Trinajstić information content (AvgIpc) is 3.29. The van der Waals surface area contributed by atoms with Crippen molar-refractivity contribution in [3.8, 4) is 0 Å². The summed E-state index contributed by atoms with van der Waals surface area (Å²) in [5, 5.41) is 13.5. The molecule has 0 aliphatic heterocycles. The van der Waals surface area contributed by atoms with Crippen LogP contribution in [0.4, 0.5) is 0 Å². The lowest BCUT2D eigenvalue weighted by molar-refractivity contribution is -0.139. The Morgan fingerprint density at radius 2 is 1.88 bits per heavy atom. The SMILES string of the molecule is CCCC=CC(Cc1ccccc1Cl)Sc1ncc(C(=O)N[C@@H](Cc2ccccc2)C(=O)O)[nH]1. The van der Waals surface area contributed by atoms with E-state index in [1.807, 2.05) is 54.6 Å². The largest absolute Gasteiger partial charge is 0.480 e. The van der Waals surface area contributed by atoms with Crippen LogP contribution < -0.4 is 5.32 Å². The van der Waals surface area contributed by atoms with Crippen molar-refractivity contribution in [1.82, 2.24) is 15.3 Å². The number of allylic oxidation sites excluding steroid dienone is 1. The number of aromatic amines is 1. The molecule has 0 aliphatic carbocycles. The summed E-state index contributed by atoms with van der Waals surface area (Å²) in [7, 11) is 0. The van der Waals surface area contributed by atoms with Gasteiger partial charge in [0.05, 0.1) is 6.20 Å². The Labute approximate surface area is 208 Å². The molecule has 3 rings (SSSR count). The maximum Gasteiger partial charge on any atom is 0.326 e. The van der Waals surface area contributed by atoms with Crippen LogP contribution in [-0.4, -0.2) is 38.2 Å². The summed E-state index contributed by atoms with van der Waals surface area (Å²) in [6.45, 7) is 2.13. The first-order valence-electron chi connectivity index (χ1n) is 11.2. The highest BCUT2D eigenvalue weighted by Crippen LogP contribution is 2.27. The molecule has 178 valence electrons. The smallest absolute Gasteiger partial charge is 0.326 e. The minimum Gasteiger partial charge on any atom is -0.480 e. The minimum absolute atomic E-state index is 0.0679. The third-order valence-corrected chi connectivity index (χ3v) is 6.56. The van der Waals surface area contributed by atoms with Gasteiger partial charge in [-0.2, -0.15) is 0 Å². The second-order valence-electron chi connectivity index (χ2n) is 7.82. The predicted octanol–water partition coefficient (Wildman–Crippen LogP) is 5.55. The number of hydrogen-bond donors (Lipinski definition) is 3. The molecule has 0 saturated carbocycles. The number of thioether (sulfide) groups is 1. The summed E-state index contributed by atoms with van der Waals surface area (Å²) >= 11 is 7.85. The number of aliphatic carboxylic acids is 1.